The highest BCUT2D eigenvalue weighted by molar-refractivity contribution is 5.78. The van der Waals surface area contributed by atoms with Gasteiger partial charge in [0.1, 0.15) is 5.78 Å². The minimum absolute atomic E-state index is 0.374. The zero-order chi connectivity index (χ0) is 17.6. The van der Waals surface area contributed by atoms with E-state index in [0.29, 0.717) is 11.7 Å². The molecule has 2 heterocycles. The van der Waals surface area contributed by atoms with E-state index < -0.39 is 0 Å². The average Bonchev–Trinajstić information content (AvgIpc) is 2.64. The summed E-state index contributed by atoms with van der Waals surface area (Å²) in [5, 5.41) is 0. The predicted molar refractivity (Wildman–Crippen MR) is 105 cm³/mol. The minimum Gasteiger partial charge on any atom is -0.303 e. The fraction of sp³-hybridized carbons (Fsp3) is 0.955. The van der Waals surface area contributed by atoms with Gasteiger partial charge in [-0.3, -0.25) is 4.79 Å². The number of rotatable bonds is 6. The molecule has 1 saturated carbocycles. The van der Waals surface area contributed by atoms with E-state index in [4.69, 9.17) is 0 Å². The van der Waals surface area contributed by atoms with Crippen LogP contribution in [0.4, 0.5) is 0 Å². The lowest BCUT2D eigenvalue weighted by atomic mass is 9.80. The standard InChI is InChI=1S/C22H40N2O/c1-3-19-8-12-23(13-9-19)17-21-10-14-24(15-11-21)16-20-4-6-22(7-5-20)18(2)25/h19-22H,3-17H2,1-2H3. The van der Waals surface area contributed by atoms with Crippen molar-refractivity contribution in [3.05, 3.63) is 0 Å². The molecule has 3 heteroatoms. The van der Waals surface area contributed by atoms with Crippen LogP contribution in [0.3, 0.4) is 0 Å². The number of hydrogen-bond donors (Lipinski definition) is 0. The first-order chi connectivity index (χ1) is 12.1. The lowest BCUT2D eigenvalue weighted by Crippen LogP contribution is -2.43. The van der Waals surface area contributed by atoms with E-state index in [1.807, 2.05) is 0 Å². The molecule has 0 atom stereocenters. The molecule has 3 aliphatic rings. The molecule has 0 aromatic heterocycles. The van der Waals surface area contributed by atoms with E-state index in [9.17, 15) is 4.79 Å². The molecule has 0 aromatic carbocycles. The molecule has 0 unspecified atom stereocenters. The summed E-state index contributed by atoms with van der Waals surface area (Å²) in [6.07, 6.45) is 11.9. The lowest BCUT2D eigenvalue weighted by molar-refractivity contribution is -0.121. The fourth-order valence-electron chi connectivity index (χ4n) is 5.41. The maximum absolute atomic E-state index is 11.5. The Balaban J connectivity index is 1.31. The van der Waals surface area contributed by atoms with Crippen molar-refractivity contribution >= 4 is 5.78 Å². The monoisotopic (exact) mass is 348 g/mol. The summed E-state index contributed by atoms with van der Waals surface area (Å²) in [4.78, 5) is 17.0. The molecular weight excluding hydrogens is 308 g/mol. The van der Waals surface area contributed by atoms with E-state index in [1.165, 1.54) is 84.2 Å². The number of ketones is 1. The zero-order valence-electron chi connectivity index (χ0n) is 16.7. The number of carbonyl (C=O) groups excluding carboxylic acids is 1. The Labute approximate surface area is 155 Å². The van der Waals surface area contributed by atoms with Crippen molar-refractivity contribution in [2.45, 2.75) is 71.6 Å². The number of Topliss-reactive ketones (excluding diaryl/α,β-unsaturated/α-hetero) is 1. The van der Waals surface area contributed by atoms with Crippen LogP contribution in [0.2, 0.25) is 0 Å². The van der Waals surface area contributed by atoms with Crippen LogP contribution in [0, 0.1) is 23.7 Å². The van der Waals surface area contributed by atoms with Gasteiger partial charge in [0.25, 0.3) is 0 Å². The number of carbonyl (C=O) groups is 1. The summed E-state index contributed by atoms with van der Waals surface area (Å²) >= 11 is 0. The Morgan fingerprint density at radius 2 is 1.16 bits per heavy atom. The second-order valence-corrected chi connectivity index (χ2v) is 9.22. The summed E-state index contributed by atoms with van der Waals surface area (Å²) in [6.45, 7) is 12.1. The lowest BCUT2D eigenvalue weighted by Gasteiger charge is -2.39. The van der Waals surface area contributed by atoms with Crippen molar-refractivity contribution in [3.63, 3.8) is 0 Å². The van der Waals surface area contributed by atoms with Crippen molar-refractivity contribution < 1.29 is 4.79 Å². The fourth-order valence-corrected chi connectivity index (χ4v) is 5.41. The molecule has 0 aromatic rings. The SMILES string of the molecule is CCC1CCN(CC2CCN(CC3CCC(C(C)=O)CC3)CC2)CC1. The van der Waals surface area contributed by atoms with Gasteiger partial charge in [0.2, 0.25) is 0 Å². The maximum Gasteiger partial charge on any atom is 0.132 e. The Morgan fingerprint density at radius 1 is 0.720 bits per heavy atom. The Morgan fingerprint density at radius 3 is 1.60 bits per heavy atom. The van der Waals surface area contributed by atoms with Crippen LogP contribution in [-0.2, 0) is 4.79 Å². The molecule has 0 radical (unpaired) electrons. The average molecular weight is 349 g/mol. The molecule has 2 saturated heterocycles. The third-order valence-electron chi connectivity index (χ3n) is 7.45. The summed E-state index contributed by atoms with van der Waals surface area (Å²) in [5.41, 5.74) is 0. The van der Waals surface area contributed by atoms with Crippen LogP contribution in [-0.4, -0.2) is 54.9 Å². The van der Waals surface area contributed by atoms with Crippen molar-refractivity contribution in [1.82, 2.24) is 9.80 Å². The Kier molecular flexibility index (Phi) is 7.36. The molecule has 2 aliphatic heterocycles. The van der Waals surface area contributed by atoms with E-state index in [1.54, 1.807) is 6.92 Å². The molecule has 3 fully saturated rings. The van der Waals surface area contributed by atoms with Gasteiger partial charge in [0, 0.05) is 19.0 Å². The molecule has 3 rings (SSSR count). The Bertz CT molecular complexity index is 400. The smallest absolute Gasteiger partial charge is 0.132 e. The number of hydrogen-bond acceptors (Lipinski definition) is 3. The highest BCUT2D eigenvalue weighted by Crippen LogP contribution is 2.31. The predicted octanol–water partition coefficient (Wildman–Crippen LogP) is 4.22. The molecule has 0 spiro atoms. The summed E-state index contributed by atoms with van der Waals surface area (Å²) in [7, 11) is 0. The molecule has 0 N–H and O–H groups in total. The zero-order valence-corrected chi connectivity index (χ0v) is 16.7. The van der Waals surface area contributed by atoms with E-state index in [2.05, 4.69) is 16.7 Å². The third kappa shape index (κ3) is 5.79. The van der Waals surface area contributed by atoms with Crippen LogP contribution >= 0.6 is 0 Å². The molecule has 144 valence electrons. The second kappa shape index (κ2) is 9.50. The third-order valence-corrected chi connectivity index (χ3v) is 7.45. The van der Waals surface area contributed by atoms with Gasteiger partial charge < -0.3 is 9.80 Å². The number of piperidine rings is 2. The minimum atomic E-state index is 0.374. The highest BCUT2D eigenvalue weighted by Gasteiger charge is 2.28. The van der Waals surface area contributed by atoms with Gasteiger partial charge in [-0.05, 0) is 102 Å². The summed E-state index contributed by atoms with van der Waals surface area (Å²) < 4.78 is 0. The first kappa shape index (κ1) is 19.4. The topological polar surface area (TPSA) is 23.6 Å². The van der Waals surface area contributed by atoms with Crippen molar-refractivity contribution in [3.8, 4) is 0 Å². The van der Waals surface area contributed by atoms with Gasteiger partial charge in [-0.2, -0.15) is 0 Å². The van der Waals surface area contributed by atoms with Crippen molar-refractivity contribution in [2.24, 2.45) is 23.7 Å². The summed E-state index contributed by atoms with van der Waals surface area (Å²) in [5.74, 6) is 3.57. The normalized spacial score (nSPS) is 31.3. The number of likely N-dealkylation sites (tertiary alicyclic amines) is 2. The van der Waals surface area contributed by atoms with Crippen molar-refractivity contribution in [2.75, 3.05) is 39.3 Å². The highest BCUT2D eigenvalue weighted by atomic mass is 16.1. The van der Waals surface area contributed by atoms with Crippen LogP contribution in [0.5, 0.6) is 0 Å². The summed E-state index contributed by atoms with van der Waals surface area (Å²) in [6, 6.07) is 0. The molecule has 1 aliphatic carbocycles. The van der Waals surface area contributed by atoms with Gasteiger partial charge in [0.15, 0.2) is 0 Å². The van der Waals surface area contributed by atoms with Crippen molar-refractivity contribution in [1.29, 1.82) is 0 Å². The van der Waals surface area contributed by atoms with Gasteiger partial charge >= 0.3 is 0 Å². The molecule has 0 amide bonds. The van der Waals surface area contributed by atoms with Gasteiger partial charge in [-0.15, -0.1) is 0 Å². The largest absolute Gasteiger partial charge is 0.303 e. The van der Waals surface area contributed by atoms with Crippen LogP contribution < -0.4 is 0 Å². The number of nitrogens with zero attached hydrogens (tertiary/aromatic N) is 2. The van der Waals surface area contributed by atoms with Gasteiger partial charge in [0.05, 0.1) is 0 Å². The van der Waals surface area contributed by atoms with Crippen LogP contribution in [0.25, 0.3) is 0 Å². The first-order valence-electron chi connectivity index (χ1n) is 11.1. The van der Waals surface area contributed by atoms with E-state index in [0.717, 1.165) is 30.6 Å². The van der Waals surface area contributed by atoms with Crippen LogP contribution in [0.1, 0.15) is 71.6 Å². The van der Waals surface area contributed by atoms with E-state index >= 15 is 0 Å². The molecule has 0 bridgehead atoms. The van der Waals surface area contributed by atoms with E-state index in [-0.39, 0.29) is 0 Å². The molecular formula is C22H40N2O. The first-order valence-corrected chi connectivity index (χ1v) is 11.1. The van der Waals surface area contributed by atoms with Gasteiger partial charge in [-0.25, -0.2) is 0 Å². The van der Waals surface area contributed by atoms with Crippen LogP contribution in [0.15, 0.2) is 0 Å². The molecule has 3 nitrogen and oxygen atoms in total. The maximum atomic E-state index is 11.5. The van der Waals surface area contributed by atoms with Gasteiger partial charge in [-0.1, -0.05) is 13.3 Å². The Hall–Kier alpha value is -0.410. The second-order valence-electron chi connectivity index (χ2n) is 9.22. The molecule has 25 heavy (non-hydrogen) atoms. The quantitative estimate of drug-likeness (QED) is 0.718.